The number of pyridine rings is 1. The molecule has 2 heterocycles. The molecule has 1 aliphatic rings. The molecule has 0 saturated carbocycles. The third-order valence-corrected chi connectivity index (χ3v) is 3.21. The van der Waals surface area contributed by atoms with Crippen molar-refractivity contribution >= 4 is 5.69 Å². The lowest BCUT2D eigenvalue weighted by atomic mass is 10.2. The number of ether oxygens (including phenoxy) is 2. The molecule has 0 amide bonds. The van der Waals surface area contributed by atoms with Crippen LogP contribution in [0.5, 0.6) is 11.5 Å². The number of benzene rings is 1. The summed E-state index contributed by atoms with van der Waals surface area (Å²) in [5.41, 5.74) is 7.64. The minimum absolute atomic E-state index is 0.169. The lowest BCUT2D eigenvalue weighted by molar-refractivity contribution is 0.174. The summed E-state index contributed by atoms with van der Waals surface area (Å²) in [6.07, 6.45) is 1.75. The molecule has 2 N–H and O–H groups in total. The molecule has 0 aliphatic carbocycles. The van der Waals surface area contributed by atoms with Gasteiger partial charge in [-0.1, -0.05) is 6.07 Å². The van der Waals surface area contributed by atoms with Gasteiger partial charge in [0.2, 0.25) is 6.79 Å². The number of nitrogens with zero attached hydrogens (tertiary/aromatic N) is 1. The Kier molecular flexibility index (Phi) is 2.67. The molecule has 2 aromatic rings. The maximum Gasteiger partial charge on any atom is 0.274 e. The fraction of sp³-hybridized carbons (Fsp3) is 0.214. The van der Waals surface area contributed by atoms with Crippen LogP contribution < -0.4 is 20.8 Å². The summed E-state index contributed by atoms with van der Waals surface area (Å²) in [5.74, 6) is 1.45. The van der Waals surface area contributed by atoms with E-state index in [4.69, 9.17) is 15.2 Å². The van der Waals surface area contributed by atoms with Gasteiger partial charge >= 0.3 is 0 Å². The molecule has 0 fully saturated rings. The zero-order valence-electron chi connectivity index (χ0n) is 10.6. The molecular weight excluding hydrogens is 244 g/mol. The van der Waals surface area contributed by atoms with Crippen LogP contribution in [0.1, 0.15) is 11.1 Å². The Hall–Kier alpha value is -2.43. The first kappa shape index (κ1) is 11.6. The summed E-state index contributed by atoms with van der Waals surface area (Å²) in [6, 6.07) is 7.48. The van der Waals surface area contributed by atoms with Gasteiger partial charge < -0.3 is 19.8 Å². The fourth-order valence-corrected chi connectivity index (χ4v) is 2.04. The van der Waals surface area contributed by atoms with Crippen molar-refractivity contribution in [2.75, 3.05) is 12.5 Å². The lowest BCUT2D eigenvalue weighted by Crippen LogP contribution is -2.23. The summed E-state index contributed by atoms with van der Waals surface area (Å²) >= 11 is 0. The molecule has 1 aromatic carbocycles. The van der Waals surface area contributed by atoms with Crippen molar-refractivity contribution in [2.45, 2.75) is 13.5 Å². The number of anilines is 1. The number of nitrogen functional groups attached to an aromatic ring is 1. The van der Waals surface area contributed by atoms with E-state index in [1.165, 1.54) is 0 Å². The third kappa shape index (κ3) is 2.03. The summed E-state index contributed by atoms with van der Waals surface area (Å²) in [5, 5.41) is 0. The molecule has 1 aromatic heterocycles. The standard InChI is InChI=1S/C14H14N2O3/c1-9-4-5-16(14(17)13(9)15)7-10-2-3-11-12(6-10)19-8-18-11/h2-6H,7-8,15H2,1H3. The molecule has 5 nitrogen and oxygen atoms in total. The van der Waals surface area contributed by atoms with E-state index in [1.54, 1.807) is 10.8 Å². The van der Waals surface area contributed by atoms with Gasteiger partial charge in [0.15, 0.2) is 11.5 Å². The van der Waals surface area contributed by atoms with Crippen molar-refractivity contribution in [1.82, 2.24) is 4.57 Å². The van der Waals surface area contributed by atoms with Gasteiger partial charge in [0.25, 0.3) is 5.56 Å². The number of rotatable bonds is 2. The third-order valence-electron chi connectivity index (χ3n) is 3.21. The molecular formula is C14H14N2O3. The van der Waals surface area contributed by atoms with Crippen LogP contribution in [0.3, 0.4) is 0 Å². The molecule has 0 unspecified atom stereocenters. The fourth-order valence-electron chi connectivity index (χ4n) is 2.04. The van der Waals surface area contributed by atoms with Crippen LogP contribution in [0.15, 0.2) is 35.3 Å². The van der Waals surface area contributed by atoms with Crippen LogP contribution in [0.4, 0.5) is 5.69 Å². The van der Waals surface area contributed by atoms with Crippen molar-refractivity contribution in [3.63, 3.8) is 0 Å². The number of aromatic nitrogens is 1. The van der Waals surface area contributed by atoms with Crippen LogP contribution >= 0.6 is 0 Å². The second-order valence-electron chi connectivity index (χ2n) is 4.53. The van der Waals surface area contributed by atoms with E-state index in [0.717, 1.165) is 16.9 Å². The summed E-state index contributed by atoms with van der Waals surface area (Å²) in [4.78, 5) is 12.0. The van der Waals surface area contributed by atoms with Crippen molar-refractivity contribution in [3.05, 3.63) is 51.9 Å². The van der Waals surface area contributed by atoms with Crippen molar-refractivity contribution in [1.29, 1.82) is 0 Å². The molecule has 19 heavy (non-hydrogen) atoms. The van der Waals surface area contributed by atoms with Crippen LogP contribution in [0.2, 0.25) is 0 Å². The highest BCUT2D eigenvalue weighted by atomic mass is 16.7. The molecule has 0 atom stereocenters. The van der Waals surface area contributed by atoms with Crippen molar-refractivity contribution < 1.29 is 9.47 Å². The molecule has 0 radical (unpaired) electrons. The van der Waals surface area contributed by atoms with Crippen LogP contribution in [0.25, 0.3) is 0 Å². The predicted octanol–water partition coefficient (Wildman–Crippen LogP) is 1.52. The van der Waals surface area contributed by atoms with E-state index in [-0.39, 0.29) is 12.4 Å². The maximum atomic E-state index is 12.0. The molecule has 3 rings (SSSR count). The average Bonchev–Trinajstić information content (AvgIpc) is 2.87. The first-order valence-electron chi connectivity index (χ1n) is 5.99. The van der Waals surface area contributed by atoms with Gasteiger partial charge in [0, 0.05) is 6.20 Å². The number of hydrogen-bond acceptors (Lipinski definition) is 4. The first-order chi connectivity index (χ1) is 9.15. The van der Waals surface area contributed by atoms with Crippen LogP contribution in [-0.2, 0) is 6.54 Å². The Bertz CT molecular complexity index is 692. The minimum atomic E-state index is -0.169. The Labute approximate surface area is 110 Å². The molecule has 1 aliphatic heterocycles. The van der Waals surface area contributed by atoms with E-state index in [9.17, 15) is 4.79 Å². The van der Waals surface area contributed by atoms with E-state index in [0.29, 0.717) is 18.0 Å². The molecule has 0 saturated heterocycles. The SMILES string of the molecule is Cc1ccn(Cc2ccc3c(c2)OCO3)c(=O)c1N. The van der Waals surface area contributed by atoms with Crippen LogP contribution in [-0.4, -0.2) is 11.4 Å². The minimum Gasteiger partial charge on any atom is -0.454 e. The van der Waals surface area contributed by atoms with E-state index < -0.39 is 0 Å². The molecule has 98 valence electrons. The highest BCUT2D eigenvalue weighted by molar-refractivity contribution is 5.45. The zero-order valence-corrected chi connectivity index (χ0v) is 10.6. The summed E-state index contributed by atoms with van der Waals surface area (Å²) < 4.78 is 12.2. The highest BCUT2D eigenvalue weighted by Gasteiger charge is 2.13. The second kappa shape index (κ2) is 4.35. The van der Waals surface area contributed by atoms with Gasteiger partial charge in [-0.05, 0) is 36.2 Å². The zero-order chi connectivity index (χ0) is 13.4. The molecule has 5 heteroatoms. The monoisotopic (exact) mass is 258 g/mol. The quantitative estimate of drug-likeness (QED) is 0.886. The summed E-state index contributed by atoms with van der Waals surface area (Å²) in [7, 11) is 0. The maximum absolute atomic E-state index is 12.0. The summed E-state index contributed by atoms with van der Waals surface area (Å²) in [6.45, 7) is 2.53. The van der Waals surface area contributed by atoms with Gasteiger partial charge in [-0.3, -0.25) is 4.79 Å². The smallest absolute Gasteiger partial charge is 0.274 e. The topological polar surface area (TPSA) is 66.5 Å². The molecule has 0 bridgehead atoms. The first-order valence-corrected chi connectivity index (χ1v) is 5.99. The predicted molar refractivity (Wildman–Crippen MR) is 71.5 cm³/mol. The van der Waals surface area contributed by atoms with E-state index in [2.05, 4.69) is 0 Å². The van der Waals surface area contributed by atoms with Gasteiger partial charge in [-0.25, -0.2) is 0 Å². The van der Waals surface area contributed by atoms with Gasteiger partial charge in [0.05, 0.1) is 6.54 Å². The van der Waals surface area contributed by atoms with Gasteiger partial charge in [-0.15, -0.1) is 0 Å². The average molecular weight is 258 g/mol. The number of nitrogens with two attached hydrogens (primary N) is 1. The van der Waals surface area contributed by atoms with E-state index in [1.807, 2.05) is 31.2 Å². The highest BCUT2D eigenvalue weighted by Crippen LogP contribution is 2.32. The number of aryl methyl sites for hydroxylation is 1. The molecule has 0 spiro atoms. The Morgan fingerprint density at radius 2 is 2.05 bits per heavy atom. The number of fused-ring (bicyclic) bond motifs is 1. The van der Waals surface area contributed by atoms with Gasteiger partial charge in [0.1, 0.15) is 5.69 Å². The largest absolute Gasteiger partial charge is 0.454 e. The second-order valence-corrected chi connectivity index (χ2v) is 4.53. The number of hydrogen-bond donors (Lipinski definition) is 1. The van der Waals surface area contributed by atoms with Crippen LogP contribution in [0, 0.1) is 6.92 Å². The van der Waals surface area contributed by atoms with Crippen molar-refractivity contribution in [3.8, 4) is 11.5 Å². The lowest BCUT2D eigenvalue weighted by Gasteiger charge is -2.08. The Morgan fingerprint density at radius 1 is 1.26 bits per heavy atom. The van der Waals surface area contributed by atoms with E-state index >= 15 is 0 Å². The van der Waals surface area contributed by atoms with Gasteiger partial charge in [-0.2, -0.15) is 0 Å². The van der Waals surface area contributed by atoms with Crippen molar-refractivity contribution in [2.24, 2.45) is 0 Å². The normalized spacial score (nSPS) is 12.7. The Balaban J connectivity index is 1.94. The Morgan fingerprint density at radius 3 is 2.89 bits per heavy atom.